The Morgan fingerprint density at radius 2 is 1.90 bits per heavy atom. The fourth-order valence-corrected chi connectivity index (χ4v) is 7.66. The molecule has 3 fully saturated rings. The molecule has 3 N–H and O–H groups in total. The lowest BCUT2D eigenvalue weighted by Crippen LogP contribution is -2.58. The third-order valence-electron chi connectivity index (χ3n) is 9.86. The Balaban J connectivity index is 1.46. The van der Waals surface area contributed by atoms with E-state index in [0.717, 1.165) is 22.5 Å². The highest BCUT2D eigenvalue weighted by Gasteiger charge is 2.78. The molecule has 7 nitrogen and oxygen atoms in total. The molecule has 39 heavy (non-hydrogen) atoms. The number of aliphatic hydroxyl groups excluding tert-OH is 1. The van der Waals surface area contributed by atoms with Crippen LogP contribution in [0.3, 0.4) is 0 Å². The highest BCUT2D eigenvalue weighted by Crippen LogP contribution is 2.66. The summed E-state index contributed by atoms with van der Waals surface area (Å²) in [7, 11) is 0. The minimum atomic E-state index is -1.41. The van der Waals surface area contributed by atoms with Gasteiger partial charge in [-0.25, -0.2) is 0 Å². The first-order valence-corrected chi connectivity index (χ1v) is 13.9. The third kappa shape index (κ3) is 3.81. The zero-order valence-electron chi connectivity index (χ0n) is 22.8. The van der Waals surface area contributed by atoms with Gasteiger partial charge in [0.25, 0.3) is 0 Å². The molecule has 204 valence electrons. The highest BCUT2D eigenvalue weighted by atomic mass is 16.6. The maximum atomic E-state index is 14.2. The van der Waals surface area contributed by atoms with E-state index in [0.29, 0.717) is 18.4 Å². The van der Waals surface area contributed by atoms with Crippen LogP contribution >= 0.6 is 0 Å². The summed E-state index contributed by atoms with van der Waals surface area (Å²) >= 11 is 0. The van der Waals surface area contributed by atoms with Crippen molar-refractivity contribution >= 4 is 28.4 Å². The smallest absolute Gasteiger partial charge is 0.235 e. The van der Waals surface area contributed by atoms with Gasteiger partial charge in [0.1, 0.15) is 11.5 Å². The van der Waals surface area contributed by atoms with E-state index in [1.807, 2.05) is 49.5 Å². The van der Waals surface area contributed by atoms with Gasteiger partial charge in [-0.05, 0) is 67.9 Å². The number of rotatable bonds is 2. The molecule has 1 spiro atoms. The number of allylic oxidation sites excluding steroid dienone is 3. The topological polar surface area (TPSA) is 112 Å². The van der Waals surface area contributed by atoms with Crippen LogP contribution in [-0.4, -0.2) is 51.4 Å². The average Bonchev–Trinajstić information content (AvgIpc) is 3.31. The van der Waals surface area contributed by atoms with E-state index in [1.54, 1.807) is 6.92 Å². The molecule has 9 atom stereocenters. The van der Waals surface area contributed by atoms with E-state index in [2.05, 4.69) is 30.2 Å². The molecule has 4 aliphatic rings. The van der Waals surface area contributed by atoms with Crippen molar-refractivity contribution in [2.24, 2.45) is 29.1 Å². The van der Waals surface area contributed by atoms with Crippen molar-refractivity contribution in [1.82, 2.24) is 10.3 Å². The number of hydrogen-bond donors (Lipinski definition) is 3. The first kappa shape index (κ1) is 26.0. The van der Waals surface area contributed by atoms with Crippen molar-refractivity contribution in [2.75, 3.05) is 0 Å². The lowest BCUT2D eigenvalue weighted by molar-refractivity contribution is -0.145. The molecule has 1 amide bonds. The molecule has 6 rings (SSSR count). The van der Waals surface area contributed by atoms with Crippen molar-refractivity contribution < 1.29 is 24.2 Å². The van der Waals surface area contributed by atoms with Gasteiger partial charge in [-0.2, -0.15) is 0 Å². The second kappa shape index (κ2) is 9.14. The Labute approximate surface area is 228 Å². The number of ether oxygens (including phenoxy) is 1. The molecule has 0 radical (unpaired) electrons. The van der Waals surface area contributed by atoms with E-state index in [4.69, 9.17) is 4.74 Å². The lowest BCUT2D eigenvalue weighted by atomic mass is 9.51. The Kier molecular flexibility index (Phi) is 6.08. The summed E-state index contributed by atoms with van der Waals surface area (Å²) < 4.78 is 6.33. The maximum Gasteiger partial charge on any atom is 0.235 e. The van der Waals surface area contributed by atoms with Crippen molar-refractivity contribution in [1.29, 1.82) is 0 Å². The molecule has 9 unspecified atom stereocenters. The van der Waals surface area contributed by atoms with Crippen LogP contribution in [0.1, 0.15) is 39.7 Å². The number of fused-ring (bicyclic) bond motifs is 3. The summed E-state index contributed by atoms with van der Waals surface area (Å²) in [5, 5.41) is 14.9. The normalized spacial score (nSPS) is 43.1. The standard InChI is InChI=1S/C32H36N2O5/c1-17-8-7-10-22-29-31(4,39-29)19(3)27-24(15-20-16-33-23-11-6-5-9-21(20)23)34-30(38)32(22,27)26(36)13-12-25(35)28(37)18(2)14-17/h5-7,9-14,16-17,19,22,24,27-29,33,37H,8,15H2,1-4H3,(H,34,38)/b10-7+,13-12+,18-14+. The number of epoxide rings is 1. The van der Waals surface area contributed by atoms with Gasteiger partial charge in [0.05, 0.1) is 11.7 Å². The van der Waals surface area contributed by atoms with E-state index >= 15 is 0 Å². The number of nitrogens with one attached hydrogen (secondary N) is 2. The second-order valence-electron chi connectivity index (χ2n) is 12.1. The third-order valence-corrected chi connectivity index (χ3v) is 9.86. The summed E-state index contributed by atoms with van der Waals surface area (Å²) in [4.78, 5) is 44.5. The first-order valence-electron chi connectivity index (χ1n) is 13.9. The average molecular weight is 529 g/mol. The van der Waals surface area contributed by atoms with Crippen molar-refractivity contribution in [3.63, 3.8) is 0 Å². The number of benzene rings is 1. The van der Waals surface area contributed by atoms with E-state index in [9.17, 15) is 19.5 Å². The number of aromatic nitrogens is 1. The van der Waals surface area contributed by atoms with Gasteiger partial charge in [0, 0.05) is 35.0 Å². The van der Waals surface area contributed by atoms with Crippen molar-refractivity contribution in [3.05, 3.63) is 72.0 Å². The Morgan fingerprint density at radius 3 is 2.69 bits per heavy atom. The fraction of sp³-hybridized carbons (Fsp3) is 0.469. The number of carbonyl (C=O) groups excluding carboxylic acids is 3. The number of aliphatic hydroxyl groups is 1. The van der Waals surface area contributed by atoms with Crippen LogP contribution in [0, 0.1) is 29.1 Å². The summed E-state index contributed by atoms with van der Waals surface area (Å²) in [6.07, 6.45) is 9.89. The fourth-order valence-electron chi connectivity index (χ4n) is 7.66. The minimum Gasteiger partial charge on any atom is -0.381 e. The second-order valence-corrected chi connectivity index (χ2v) is 12.1. The molecule has 0 bridgehead atoms. The molecule has 3 heterocycles. The SMILES string of the molecule is C/C1=C\C(C)C/C=C/C2C3OC3(C)C(C)C3C(Cc4c[nH]c5ccccc45)NC(=O)C23C(=O)/C=C/C(=O)C1O. The number of ketones is 2. The summed E-state index contributed by atoms with van der Waals surface area (Å²) in [5.41, 5.74) is 0.805. The van der Waals surface area contributed by atoms with Gasteiger partial charge >= 0.3 is 0 Å². The summed E-state index contributed by atoms with van der Waals surface area (Å²) in [5.74, 6) is -2.11. The number of H-pyrrole nitrogens is 1. The van der Waals surface area contributed by atoms with Crippen LogP contribution in [0.25, 0.3) is 10.9 Å². The quantitative estimate of drug-likeness (QED) is 0.312. The highest BCUT2D eigenvalue weighted by molar-refractivity contribution is 6.15. The largest absolute Gasteiger partial charge is 0.381 e. The van der Waals surface area contributed by atoms with Crippen LogP contribution in [0.4, 0.5) is 0 Å². The number of amides is 1. The van der Waals surface area contributed by atoms with Gasteiger partial charge < -0.3 is 20.1 Å². The predicted octanol–water partition coefficient (Wildman–Crippen LogP) is 3.83. The zero-order chi connectivity index (χ0) is 27.7. The summed E-state index contributed by atoms with van der Waals surface area (Å²) in [6, 6.07) is 7.77. The molecular weight excluding hydrogens is 492 g/mol. The molecule has 1 aromatic carbocycles. The van der Waals surface area contributed by atoms with E-state index in [-0.39, 0.29) is 35.8 Å². The van der Waals surface area contributed by atoms with Gasteiger partial charge in [-0.15, -0.1) is 0 Å². The molecule has 1 aromatic heterocycles. The molecule has 2 aromatic rings. The Morgan fingerprint density at radius 1 is 1.13 bits per heavy atom. The monoisotopic (exact) mass is 528 g/mol. The van der Waals surface area contributed by atoms with Gasteiger partial charge in [0.15, 0.2) is 11.6 Å². The molecule has 2 aliphatic heterocycles. The van der Waals surface area contributed by atoms with Crippen LogP contribution in [0.2, 0.25) is 0 Å². The van der Waals surface area contributed by atoms with Crippen LogP contribution in [-0.2, 0) is 25.5 Å². The molecular formula is C32H36N2O5. The lowest BCUT2D eigenvalue weighted by Gasteiger charge is -2.45. The molecule has 7 heteroatoms. The maximum absolute atomic E-state index is 14.2. The molecule has 2 aliphatic carbocycles. The zero-order valence-corrected chi connectivity index (χ0v) is 22.8. The minimum absolute atomic E-state index is 0.0666. The molecule has 1 saturated carbocycles. The number of carbonyl (C=O) groups is 3. The van der Waals surface area contributed by atoms with Crippen LogP contribution < -0.4 is 5.32 Å². The van der Waals surface area contributed by atoms with Gasteiger partial charge in [-0.3, -0.25) is 14.4 Å². The number of aromatic amines is 1. The van der Waals surface area contributed by atoms with Crippen molar-refractivity contribution in [3.8, 4) is 0 Å². The first-order chi connectivity index (χ1) is 18.6. The van der Waals surface area contributed by atoms with Gasteiger partial charge in [-0.1, -0.05) is 50.3 Å². The summed E-state index contributed by atoms with van der Waals surface area (Å²) in [6.45, 7) is 7.90. The predicted molar refractivity (Wildman–Crippen MR) is 148 cm³/mol. The van der Waals surface area contributed by atoms with E-state index < -0.39 is 34.6 Å². The van der Waals surface area contributed by atoms with E-state index in [1.165, 1.54) is 6.08 Å². The van der Waals surface area contributed by atoms with Crippen LogP contribution in [0.15, 0.2) is 66.4 Å². The number of hydrogen-bond acceptors (Lipinski definition) is 5. The van der Waals surface area contributed by atoms with Crippen molar-refractivity contribution in [2.45, 2.75) is 64.4 Å². The Bertz CT molecular complexity index is 1450. The molecule has 2 saturated heterocycles. The Hall–Kier alpha value is -3.29. The number of para-hydroxylation sites is 1. The van der Waals surface area contributed by atoms with Crippen LogP contribution in [0.5, 0.6) is 0 Å². The van der Waals surface area contributed by atoms with Gasteiger partial charge in [0.2, 0.25) is 5.91 Å².